The summed E-state index contributed by atoms with van der Waals surface area (Å²) in [5.74, 6) is -0.376. The van der Waals surface area contributed by atoms with Gasteiger partial charge in [0.1, 0.15) is 0 Å². The Kier molecular flexibility index (Phi) is 5.03. The molecule has 1 aromatic rings. The number of carbonyl (C=O) groups is 1. The number of methoxy groups -OCH3 is 1. The van der Waals surface area contributed by atoms with E-state index in [4.69, 9.17) is 10.5 Å². The van der Waals surface area contributed by atoms with Gasteiger partial charge < -0.3 is 20.7 Å². The van der Waals surface area contributed by atoms with Gasteiger partial charge in [0.15, 0.2) is 0 Å². The van der Waals surface area contributed by atoms with Crippen LogP contribution in [0.2, 0.25) is 0 Å². The monoisotopic (exact) mass is 292 g/mol. The quantitative estimate of drug-likeness (QED) is 0.629. The molecule has 1 aromatic carbocycles. The van der Waals surface area contributed by atoms with Gasteiger partial charge in [0.2, 0.25) is 0 Å². The molecule has 0 amide bonds. The number of carbonyl (C=O) groups excluding carboxylic acids is 1. The highest BCUT2D eigenvalue weighted by Gasteiger charge is 2.23. The number of benzene rings is 1. The van der Waals surface area contributed by atoms with Gasteiger partial charge in [0, 0.05) is 32.2 Å². The highest BCUT2D eigenvalue weighted by molar-refractivity contribution is 5.98. The van der Waals surface area contributed by atoms with Crippen molar-refractivity contribution in [3.05, 3.63) is 23.8 Å². The van der Waals surface area contributed by atoms with Gasteiger partial charge in [-0.15, -0.1) is 0 Å². The first kappa shape index (κ1) is 15.6. The molecule has 6 nitrogen and oxygen atoms in total. The van der Waals surface area contributed by atoms with Crippen molar-refractivity contribution in [3.63, 3.8) is 0 Å². The van der Waals surface area contributed by atoms with Gasteiger partial charge >= 0.3 is 5.97 Å². The highest BCUT2D eigenvalue weighted by Crippen LogP contribution is 2.24. The Labute approximate surface area is 125 Å². The molecule has 0 aromatic heterocycles. The summed E-state index contributed by atoms with van der Waals surface area (Å²) in [7, 11) is 5.62. The summed E-state index contributed by atoms with van der Waals surface area (Å²) in [4.78, 5) is 16.4. The number of nitrogens with one attached hydrogen (secondary N) is 1. The van der Waals surface area contributed by atoms with Crippen LogP contribution in [0.4, 0.5) is 11.4 Å². The molecule has 6 heteroatoms. The second-order valence-electron chi connectivity index (χ2n) is 5.54. The number of rotatable bonds is 4. The van der Waals surface area contributed by atoms with Crippen LogP contribution in [0.1, 0.15) is 10.4 Å². The molecular formula is C15H24N4O2. The van der Waals surface area contributed by atoms with Gasteiger partial charge in [-0.1, -0.05) is 6.07 Å². The number of ether oxygens (including phenoxy) is 1. The van der Waals surface area contributed by atoms with E-state index in [1.54, 1.807) is 18.2 Å². The van der Waals surface area contributed by atoms with Gasteiger partial charge in [0.05, 0.1) is 24.0 Å². The molecule has 1 heterocycles. The molecule has 3 N–H and O–H groups in total. The summed E-state index contributed by atoms with van der Waals surface area (Å²) in [6, 6.07) is 5.65. The van der Waals surface area contributed by atoms with E-state index in [2.05, 4.69) is 29.2 Å². The standard InChI is InChI=1S/C15H24N4O2/c1-18-7-8-19(2)11(10-18)9-17-14-12(15(20)21-3)5-4-6-13(14)16/h4-6,11,17H,7-10,16H2,1-3H3. The van der Waals surface area contributed by atoms with Crippen molar-refractivity contribution in [2.45, 2.75) is 6.04 Å². The molecule has 116 valence electrons. The summed E-state index contributed by atoms with van der Waals surface area (Å²) in [5, 5.41) is 3.32. The Morgan fingerprint density at radius 2 is 2.19 bits per heavy atom. The van der Waals surface area contributed by atoms with E-state index in [-0.39, 0.29) is 5.97 Å². The number of likely N-dealkylation sites (N-methyl/N-ethyl adjacent to an activating group) is 2. The minimum atomic E-state index is -0.376. The summed E-state index contributed by atoms with van der Waals surface area (Å²) >= 11 is 0. The van der Waals surface area contributed by atoms with Crippen molar-refractivity contribution in [2.24, 2.45) is 0 Å². The van der Waals surface area contributed by atoms with Gasteiger partial charge in [-0.2, -0.15) is 0 Å². The fraction of sp³-hybridized carbons (Fsp3) is 0.533. The number of nitrogen functional groups attached to an aromatic ring is 1. The molecule has 2 rings (SSSR count). The van der Waals surface area contributed by atoms with E-state index in [1.807, 2.05) is 0 Å². The van der Waals surface area contributed by atoms with Crippen molar-refractivity contribution in [3.8, 4) is 0 Å². The highest BCUT2D eigenvalue weighted by atomic mass is 16.5. The predicted octanol–water partition coefficient (Wildman–Crippen LogP) is 0.713. The number of para-hydroxylation sites is 1. The van der Waals surface area contributed by atoms with E-state index in [0.717, 1.165) is 26.2 Å². The molecule has 0 aliphatic carbocycles. The number of nitrogens with zero attached hydrogens (tertiary/aromatic N) is 2. The van der Waals surface area contributed by atoms with E-state index < -0.39 is 0 Å². The van der Waals surface area contributed by atoms with Crippen molar-refractivity contribution < 1.29 is 9.53 Å². The topological polar surface area (TPSA) is 70.8 Å². The normalized spacial score (nSPS) is 20.2. The summed E-state index contributed by atoms with van der Waals surface area (Å²) in [5.41, 5.74) is 7.69. The number of hydrogen-bond donors (Lipinski definition) is 2. The number of nitrogens with two attached hydrogens (primary N) is 1. The van der Waals surface area contributed by atoms with Crippen molar-refractivity contribution in [2.75, 3.05) is 58.4 Å². The molecule has 1 aliphatic heterocycles. The number of esters is 1. The zero-order valence-electron chi connectivity index (χ0n) is 12.9. The van der Waals surface area contributed by atoms with Crippen LogP contribution >= 0.6 is 0 Å². The SMILES string of the molecule is COC(=O)c1cccc(N)c1NCC1CN(C)CCN1C. The molecule has 0 saturated carbocycles. The van der Waals surface area contributed by atoms with E-state index >= 15 is 0 Å². The van der Waals surface area contributed by atoms with Crippen LogP contribution in [0, 0.1) is 0 Å². The van der Waals surface area contributed by atoms with Gasteiger partial charge in [-0.05, 0) is 26.2 Å². The average molecular weight is 292 g/mol. The smallest absolute Gasteiger partial charge is 0.340 e. The van der Waals surface area contributed by atoms with Crippen LogP contribution in [0.15, 0.2) is 18.2 Å². The molecule has 0 spiro atoms. The Bertz CT molecular complexity index is 506. The maximum atomic E-state index is 11.8. The Morgan fingerprint density at radius 1 is 1.43 bits per heavy atom. The zero-order valence-corrected chi connectivity index (χ0v) is 12.9. The summed E-state index contributed by atoms with van der Waals surface area (Å²) in [6.45, 7) is 3.84. The fourth-order valence-corrected chi connectivity index (χ4v) is 2.59. The molecule has 1 aliphatic rings. The third-order valence-electron chi connectivity index (χ3n) is 4.00. The molecule has 0 radical (unpaired) electrons. The first-order valence-corrected chi connectivity index (χ1v) is 7.12. The van der Waals surface area contributed by atoms with Crippen LogP contribution in [0.5, 0.6) is 0 Å². The Morgan fingerprint density at radius 3 is 2.90 bits per heavy atom. The lowest BCUT2D eigenvalue weighted by Crippen LogP contribution is -2.52. The van der Waals surface area contributed by atoms with Crippen LogP contribution in [0.3, 0.4) is 0 Å². The van der Waals surface area contributed by atoms with Crippen LogP contribution < -0.4 is 11.1 Å². The van der Waals surface area contributed by atoms with E-state index in [0.29, 0.717) is 23.0 Å². The molecular weight excluding hydrogens is 268 g/mol. The Balaban J connectivity index is 2.10. The van der Waals surface area contributed by atoms with E-state index in [9.17, 15) is 4.79 Å². The predicted molar refractivity (Wildman–Crippen MR) is 84.6 cm³/mol. The maximum absolute atomic E-state index is 11.8. The van der Waals surface area contributed by atoms with Crippen molar-refractivity contribution >= 4 is 17.3 Å². The minimum absolute atomic E-state index is 0.376. The number of piperazine rings is 1. The Hall–Kier alpha value is -1.79. The molecule has 1 atom stereocenters. The average Bonchev–Trinajstić information content (AvgIpc) is 2.48. The third kappa shape index (κ3) is 3.65. The molecule has 1 unspecified atom stereocenters. The number of anilines is 2. The van der Waals surface area contributed by atoms with Crippen molar-refractivity contribution in [1.29, 1.82) is 0 Å². The first-order valence-electron chi connectivity index (χ1n) is 7.12. The van der Waals surface area contributed by atoms with Crippen LogP contribution in [-0.4, -0.2) is 69.2 Å². The minimum Gasteiger partial charge on any atom is -0.465 e. The summed E-state index contributed by atoms with van der Waals surface area (Å²) < 4.78 is 4.81. The van der Waals surface area contributed by atoms with Gasteiger partial charge in [-0.3, -0.25) is 4.90 Å². The fourth-order valence-electron chi connectivity index (χ4n) is 2.59. The second kappa shape index (κ2) is 6.78. The summed E-state index contributed by atoms with van der Waals surface area (Å²) in [6.07, 6.45) is 0. The molecule has 1 saturated heterocycles. The second-order valence-corrected chi connectivity index (χ2v) is 5.54. The largest absolute Gasteiger partial charge is 0.465 e. The van der Waals surface area contributed by atoms with Crippen molar-refractivity contribution in [1.82, 2.24) is 9.80 Å². The lowest BCUT2D eigenvalue weighted by atomic mass is 10.1. The van der Waals surface area contributed by atoms with Gasteiger partial charge in [-0.25, -0.2) is 4.79 Å². The third-order valence-corrected chi connectivity index (χ3v) is 4.00. The molecule has 1 fully saturated rings. The number of hydrogen-bond acceptors (Lipinski definition) is 6. The van der Waals surface area contributed by atoms with Gasteiger partial charge in [0.25, 0.3) is 0 Å². The first-order chi connectivity index (χ1) is 10.0. The lowest BCUT2D eigenvalue weighted by Gasteiger charge is -2.38. The lowest BCUT2D eigenvalue weighted by molar-refractivity contribution is 0.0601. The molecule has 21 heavy (non-hydrogen) atoms. The van der Waals surface area contributed by atoms with E-state index in [1.165, 1.54) is 7.11 Å². The zero-order chi connectivity index (χ0) is 15.4. The molecule has 0 bridgehead atoms. The van der Waals surface area contributed by atoms with Crippen LogP contribution in [-0.2, 0) is 4.74 Å². The maximum Gasteiger partial charge on any atom is 0.340 e. The van der Waals surface area contributed by atoms with Crippen LogP contribution in [0.25, 0.3) is 0 Å².